The highest BCUT2D eigenvalue weighted by Crippen LogP contribution is 2.51. The van der Waals surface area contributed by atoms with E-state index in [1.165, 1.54) is 11.0 Å². The van der Waals surface area contributed by atoms with Crippen LogP contribution in [0.4, 0.5) is 25.4 Å². The number of hydrogen-bond donors (Lipinski definition) is 0. The quantitative estimate of drug-likeness (QED) is 0.277. The van der Waals surface area contributed by atoms with E-state index in [2.05, 4.69) is 10.0 Å². The van der Waals surface area contributed by atoms with Crippen LogP contribution in [0, 0.1) is 17.7 Å². The van der Waals surface area contributed by atoms with E-state index < -0.39 is 23.6 Å². The molecule has 2 aromatic carbocycles. The molecule has 2 aliphatic heterocycles. The molecule has 1 aliphatic carbocycles. The van der Waals surface area contributed by atoms with Crippen LogP contribution in [0.2, 0.25) is 0 Å². The van der Waals surface area contributed by atoms with Crippen molar-refractivity contribution < 1.29 is 23.5 Å². The molecule has 1 saturated carbocycles. The van der Waals surface area contributed by atoms with Crippen molar-refractivity contribution in [2.24, 2.45) is 17.0 Å². The second kappa shape index (κ2) is 10.1. The minimum Gasteiger partial charge on any atom is -0.444 e. The summed E-state index contributed by atoms with van der Waals surface area (Å²) in [6.45, 7) is 7.50. The molecule has 0 aromatic heterocycles. The molecule has 2 amide bonds. The summed E-state index contributed by atoms with van der Waals surface area (Å²) in [5.74, 6) is 0.0144. The molecule has 3 fully saturated rings. The van der Waals surface area contributed by atoms with Gasteiger partial charge in [0.1, 0.15) is 17.5 Å². The molecule has 5 rings (SSSR count). The smallest absolute Gasteiger partial charge is 0.414 e. The minimum absolute atomic E-state index is 0.0294. The van der Waals surface area contributed by atoms with Crippen molar-refractivity contribution in [2.45, 2.75) is 45.1 Å². The Labute approximate surface area is 220 Å². The maximum atomic E-state index is 15.2. The Morgan fingerprint density at radius 3 is 2.53 bits per heavy atom. The highest BCUT2D eigenvalue weighted by molar-refractivity contribution is 5.90. The van der Waals surface area contributed by atoms with Crippen LogP contribution in [0.5, 0.6) is 0 Å². The number of carbonyl (C=O) groups is 2. The van der Waals surface area contributed by atoms with Crippen LogP contribution in [0.15, 0.2) is 53.6 Å². The first-order chi connectivity index (χ1) is 18.1. The van der Waals surface area contributed by atoms with Gasteiger partial charge in [0, 0.05) is 42.4 Å². The first kappa shape index (κ1) is 25.7. The molecule has 2 aromatic rings. The SMILES string of the molecule is CC(C)(C)OC(=O)N(Cc1ccccc1)C1[C@H]2CN(c3ccc(N4C[C@H](CN=[N+]=[N-])OC4=O)cc3F)C[C@@H]12. The van der Waals surface area contributed by atoms with Crippen molar-refractivity contribution in [3.63, 3.8) is 0 Å². The number of carbonyl (C=O) groups excluding carboxylic acids is 2. The van der Waals surface area contributed by atoms with Crippen LogP contribution in [-0.4, -0.2) is 61.0 Å². The van der Waals surface area contributed by atoms with Crippen LogP contribution < -0.4 is 9.80 Å². The van der Waals surface area contributed by atoms with Crippen molar-refractivity contribution in [1.82, 2.24) is 4.90 Å². The molecular formula is C27H31FN6O4. The van der Waals surface area contributed by atoms with Crippen LogP contribution in [0.1, 0.15) is 26.3 Å². The van der Waals surface area contributed by atoms with Gasteiger partial charge in [-0.3, -0.25) is 4.90 Å². The van der Waals surface area contributed by atoms with Crippen LogP contribution in [0.25, 0.3) is 10.4 Å². The second-order valence-electron chi connectivity index (χ2n) is 11.0. The molecular weight excluding hydrogens is 491 g/mol. The van der Waals surface area contributed by atoms with E-state index in [1.807, 2.05) is 60.9 Å². The van der Waals surface area contributed by atoms with E-state index in [0.717, 1.165) is 5.56 Å². The fourth-order valence-corrected chi connectivity index (χ4v) is 5.42. The fourth-order valence-electron chi connectivity index (χ4n) is 5.42. The lowest BCUT2D eigenvalue weighted by atomic mass is 10.2. The first-order valence-corrected chi connectivity index (χ1v) is 12.7. The number of cyclic esters (lactones) is 1. The predicted octanol–water partition coefficient (Wildman–Crippen LogP) is 5.33. The standard InChI is InChI=1S/C27H31FN6O4/c1-27(2,3)38-26(36)34(13-17-7-5-4-6-8-17)24-20-15-32(16-21(20)24)23-10-9-18(11-22(23)28)33-14-19(12-30-31-29)37-25(33)35/h4-11,19-21,24H,12-16H2,1-3H3/t19-,20-,21+,24?/m0/s1. The summed E-state index contributed by atoms with van der Waals surface area (Å²) in [5.41, 5.74) is 9.76. The molecule has 38 heavy (non-hydrogen) atoms. The zero-order chi connectivity index (χ0) is 27.0. The molecule has 0 radical (unpaired) electrons. The van der Waals surface area contributed by atoms with Gasteiger partial charge in [-0.05, 0) is 50.1 Å². The lowest BCUT2D eigenvalue weighted by molar-refractivity contribution is 0.0195. The van der Waals surface area contributed by atoms with Crippen LogP contribution in [0.3, 0.4) is 0 Å². The fraction of sp³-hybridized carbons (Fsp3) is 0.481. The van der Waals surface area contributed by atoms with E-state index in [4.69, 9.17) is 15.0 Å². The summed E-state index contributed by atoms with van der Waals surface area (Å²) >= 11 is 0. The van der Waals surface area contributed by atoms with E-state index >= 15 is 4.39 Å². The molecule has 0 spiro atoms. The van der Waals surface area contributed by atoms with Gasteiger partial charge < -0.3 is 19.3 Å². The van der Waals surface area contributed by atoms with Crippen molar-refractivity contribution >= 4 is 23.6 Å². The lowest BCUT2D eigenvalue weighted by Gasteiger charge is -2.31. The third-order valence-electron chi connectivity index (χ3n) is 7.14. The van der Waals surface area contributed by atoms with E-state index in [9.17, 15) is 9.59 Å². The molecule has 0 bridgehead atoms. The summed E-state index contributed by atoms with van der Waals surface area (Å²) in [4.78, 5) is 33.2. The Hall–Kier alpha value is -3.98. The number of benzene rings is 2. The number of amides is 2. The zero-order valence-electron chi connectivity index (χ0n) is 21.7. The number of halogens is 1. The average molecular weight is 523 g/mol. The Bertz CT molecular complexity index is 1250. The molecule has 1 unspecified atom stereocenters. The lowest BCUT2D eigenvalue weighted by Crippen LogP contribution is -2.41. The van der Waals surface area contributed by atoms with Crippen molar-refractivity contribution in [3.8, 4) is 0 Å². The van der Waals surface area contributed by atoms with Crippen molar-refractivity contribution in [2.75, 3.05) is 36.0 Å². The maximum absolute atomic E-state index is 15.2. The number of hydrogen-bond acceptors (Lipinski definition) is 6. The summed E-state index contributed by atoms with van der Waals surface area (Å²) < 4.78 is 26.1. The number of nitrogens with zero attached hydrogens (tertiary/aromatic N) is 6. The van der Waals surface area contributed by atoms with Crippen molar-refractivity contribution in [3.05, 3.63) is 70.4 Å². The average Bonchev–Trinajstić information content (AvgIpc) is 3.16. The van der Waals surface area contributed by atoms with Gasteiger partial charge in [-0.1, -0.05) is 35.4 Å². The maximum Gasteiger partial charge on any atom is 0.414 e. The highest BCUT2D eigenvalue weighted by atomic mass is 19.1. The first-order valence-electron chi connectivity index (χ1n) is 12.7. The van der Waals surface area contributed by atoms with Gasteiger partial charge in [-0.15, -0.1) is 0 Å². The molecule has 4 atom stereocenters. The summed E-state index contributed by atoms with van der Waals surface area (Å²) in [6.07, 6.45) is -1.49. The normalized spacial score (nSPS) is 23.9. The van der Waals surface area contributed by atoms with E-state index in [0.29, 0.717) is 31.0 Å². The number of azide groups is 1. The third kappa shape index (κ3) is 5.33. The minimum atomic E-state index is -0.600. The van der Waals surface area contributed by atoms with Gasteiger partial charge >= 0.3 is 12.2 Å². The highest BCUT2D eigenvalue weighted by Gasteiger charge is 2.60. The Kier molecular flexibility index (Phi) is 6.79. The number of piperidine rings is 1. The number of rotatable bonds is 7. The van der Waals surface area contributed by atoms with E-state index in [-0.39, 0.29) is 37.1 Å². The second-order valence-corrected chi connectivity index (χ2v) is 11.0. The summed E-state index contributed by atoms with van der Waals surface area (Å²) in [6, 6.07) is 14.6. The molecule has 2 heterocycles. The molecule has 200 valence electrons. The molecule has 3 aliphatic rings. The van der Waals surface area contributed by atoms with Crippen LogP contribution >= 0.6 is 0 Å². The zero-order valence-corrected chi connectivity index (χ0v) is 21.7. The van der Waals surface area contributed by atoms with Gasteiger partial charge in [0.2, 0.25) is 0 Å². The van der Waals surface area contributed by atoms with Gasteiger partial charge in [-0.25, -0.2) is 14.0 Å². The Balaban J connectivity index is 1.25. The molecule has 2 saturated heterocycles. The summed E-state index contributed by atoms with van der Waals surface area (Å²) in [7, 11) is 0. The van der Waals surface area contributed by atoms with E-state index in [1.54, 1.807) is 12.1 Å². The van der Waals surface area contributed by atoms with Gasteiger partial charge in [0.15, 0.2) is 0 Å². The largest absolute Gasteiger partial charge is 0.444 e. The number of ether oxygens (including phenoxy) is 2. The Morgan fingerprint density at radius 1 is 1.18 bits per heavy atom. The Morgan fingerprint density at radius 2 is 1.89 bits per heavy atom. The molecule has 0 N–H and O–H groups in total. The number of anilines is 2. The monoisotopic (exact) mass is 522 g/mol. The van der Waals surface area contributed by atoms with Gasteiger partial charge in [0.25, 0.3) is 0 Å². The van der Waals surface area contributed by atoms with Gasteiger partial charge in [0.05, 0.1) is 24.5 Å². The number of fused-ring (bicyclic) bond motifs is 1. The molecule has 10 nitrogen and oxygen atoms in total. The third-order valence-corrected chi connectivity index (χ3v) is 7.14. The van der Waals surface area contributed by atoms with Crippen molar-refractivity contribution in [1.29, 1.82) is 0 Å². The van der Waals surface area contributed by atoms with Crippen LogP contribution in [-0.2, 0) is 16.0 Å². The van der Waals surface area contributed by atoms with Gasteiger partial charge in [-0.2, -0.15) is 0 Å². The predicted molar refractivity (Wildman–Crippen MR) is 139 cm³/mol. The molecule has 11 heteroatoms. The topological polar surface area (TPSA) is 111 Å². The summed E-state index contributed by atoms with van der Waals surface area (Å²) in [5, 5.41) is 3.44.